The summed E-state index contributed by atoms with van der Waals surface area (Å²) in [6.07, 6.45) is 3.77. The second-order valence-corrected chi connectivity index (χ2v) is 9.18. The van der Waals surface area contributed by atoms with E-state index in [9.17, 15) is 8.42 Å². The van der Waals surface area contributed by atoms with Crippen LogP contribution in [0.1, 0.15) is 38.9 Å². The molecule has 25 heavy (non-hydrogen) atoms. The number of nitrogens with zero attached hydrogens (tertiary/aromatic N) is 4. The lowest BCUT2D eigenvalue weighted by molar-refractivity contribution is 0.147. The van der Waals surface area contributed by atoms with Crippen LogP contribution in [0, 0.1) is 0 Å². The maximum atomic E-state index is 12.4. The van der Waals surface area contributed by atoms with Gasteiger partial charge in [0, 0.05) is 26.7 Å². The number of likely N-dealkylation sites (tertiary alicyclic amines) is 1. The van der Waals surface area contributed by atoms with Gasteiger partial charge < -0.3 is 4.57 Å². The topological polar surface area (TPSA) is 58.4 Å². The Morgan fingerprint density at radius 1 is 1.28 bits per heavy atom. The maximum Gasteiger partial charge on any atom is 0.242 e. The molecule has 2 heterocycles. The van der Waals surface area contributed by atoms with E-state index < -0.39 is 10.0 Å². The zero-order valence-electron chi connectivity index (χ0n) is 15.6. The Bertz CT molecular complexity index is 857. The molecule has 0 saturated carbocycles. The first-order valence-corrected chi connectivity index (χ1v) is 10.4. The molecule has 3 rings (SSSR count). The summed E-state index contributed by atoms with van der Waals surface area (Å²) < 4.78 is 28.2. The molecule has 1 aliphatic rings. The van der Waals surface area contributed by atoms with Crippen molar-refractivity contribution < 1.29 is 8.42 Å². The molecule has 138 valence electrons. The smallest absolute Gasteiger partial charge is 0.242 e. The number of fused-ring (bicyclic) bond motifs is 1. The van der Waals surface area contributed by atoms with Crippen LogP contribution in [0.3, 0.4) is 0 Å². The predicted octanol–water partition coefficient (Wildman–Crippen LogP) is 2.68. The van der Waals surface area contributed by atoms with Crippen molar-refractivity contribution in [3.8, 4) is 0 Å². The van der Waals surface area contributed by atoms with Gasteiger partial charge in [0.05, 0.1) is 22.5 Å². The van der Waals surface area contributed by atoms with Crippen LogP contribution in [0.5, 0.6) is 0 Å². The first-order chi connectivity index (χ1) is 11.8. The van der Waals surface area contributed by atoms with Crippen molar-refractivity contribution in [3.05, 3.63) is 24.0 Å². The summed E-state index contributed by atoms with van der Waals surface area (Å²) in [4.78, 5) is 7.56. The van der Waals surface area contributed by atoms with Crippen molar-refractivity contribution in [1.82, 2.24) is 18.8 Å². The largest absolute Gasteiger partial charge is 0.327 e. The number of imidazole rings is 1. The van der Waals surface area contributed by atoms with Gasteiger partial charge in [-0.2, -0.15) is 0 Å². The molecular formula is C18H28N4O2S. The number of rotatable bonds is 5. The van der Waals surface area contributed by atoms with Gasteiger partial charge in [-0.15, -0.1) is 0 Å². The normalized spacial score (nSPS) is 19.8. The molecule has 0 radical (unpaired) electrons. The van der Waals surface area contributed by atoms with E-state index in [2.05, 4.69) is 23.3 Å². The van der Waals surface area contributed by atoms with E-state index >= 15 is 0 Å². The number of benzene rings is 1. The van der Waals surface area contributed by atoms with E-state index in [-0.39, 0.29) is 0 Å². The van der Waals surface area contributed by atoms with Crippen LogP contribution in [0.25, 0.3) is 11.0 Å². The molecule has 0 amide bonds. The van der Waals surface area contributed by atoms with Crippen molar-refractivity contribution in [2.24, 2.45) is 0 Å². The highest BCUT2D eigenvalue weighted by atomic mass is 32.2. The van der Waals surface area contributed by atoms with Crippen molar-refractivity contribution in [3.63, 3.8) is 0 Å². The number of aryl methyl sites for hydroxylation is 1. The van der Waals surface area contributed by atoms with E-state index in [1.54, 1.807) is 26.2 Å². The second-order valence-electron chi connectivity index (χ2n) is 7.03. The van der Waals surface area contributed by atoms with E-state index in [0.29, 0.717) is 10.9 Å². The zero-order valence-corrected chi connectivity index (χ0v) is 16.4. The minimum absolute atomic E-state index is 0.295. The first-order valence-electron chi connectivity index (χ1n) is 9.00. The quantitative estimate of drug-likeness (QED) is 0.818. The van der Waals surface area contributed by atoms with E-state index in [0.717, 1.165) is 36.5 Å². The molecule has 1 aromatic carbocycles. The van der Waals surface area contributed by atoms with Crippen LogP contribution in [0.2, 0.25) is 0 Å². The highest BCUT2D eigenvalue weighted by Crippen LogP contribution is 2.24. The third-order valence-electron chi connectivity index (χ3n) is 5.18. The maximum absolute atomic E-state index is 12.4. The van der Waals surface area contributed by atoms with Crippen LogP contribution in [-0.2, 0) is 23.1 Å². The number of hydrogen-bond donors (Lipinski definition) is 0. The van der Waals surface area contributed by atoms with E-state index in [1.165, 1.54) is 23.6 Å². The van der Waals surface area contributed by atoms with Crippen LogP contribution >= 0.6 is 0 Å². The Hall–Kier alpha value is -1.44. The minimum atomic E-state index is -3.44. The monoisotopic (exact) mass is 364 g/mol. The highest BCUT2D eigenvalue weighted by Gasteiger charge is 2.22. The van der Waals surface area contributed by atoms with Gasteiger partial charge in [-0.1, -0.05) is 6.42 Å². The minimum Gasteiger partial charge on any atom is -0.327 e. The number of piperidine rings is 1. The van der Waals surface area contributed by atoms with Crippen molar-refractivity contribution in [2.45, 2.75) is 57.1 Å². The van der Waals surface area contributed by atoms with Gasteiger partial charge in [0.25, 0.3) is 0 Å². The van der Waals surface area contributed by atoms with Gasteiger partial charge in [-0.05, 0) is 51.4 Å². The number of sulfonamides is 1. The standard InChI is InChI=1S/C18H28N4O2S/c1-5-22-17-10-9-15(25(23,24)20(3)4)12-16(17)19-18(22)13-21-11-7-6-8-14(21)2/h9-10,12,14H,5-8,11,13H2,1-4H3/t14-/m1/s1. The van der Waals surface area contributed by atoms with E-state index in [1.807, 2.05) is 6.07 Å². The van der Waals surface area contributed by atoms with Crippen molar-refractivity contribution >= 4 is 21.1 Å². The van der Waals surface area contributed by atoms with Crippen LogP contribution < -0.4 is 0 Å². The fourth-order valence-electron chi connectivity index (χ4n) is 3.58. The molecule has 0 bridgehead atoms. The van der Waals surface area contributed by atoms with Gasteiger partial charge in [-0.25, -0.2) is 17.7 Å². The van der Waals surface area contributed by atoms with Crippen LogP contribution in [-0.4, -0.2) is 53.9 Å². The Balaban J connectivity index is 1.99. The van der Waals surface area contributed by atoms with Crippen molar-refractivity contribution in [2.75, 3.05) is 20.6 Å². The lowest BCUT2D eigenvalue weighted by Gasteiger charge is -2.33. The molecule has 1 aliphatic heterocycles. The molecule has 1 fully saturated rings. The molecule has 1 saturated heterocycles. The average Bonchev–Trinajstić information content (AvgIpc) is 2.92. The molecule has 2 aromatic rings. The second kappa shape index (κ2) is 7.05. The first kappa shape index (κ1) is 18.4. The zero-order chi connectivity index (χ0) is 18.2. The van der Waals surface area contributed by atoms with Crippen LogP contribution in [0.15, 0.2) is 23.1 Å². The van der Waals surface area contributed by atoms with Gasteiger partial charge in [-0.3, -0.25) is 4.90 Å². The Kier molecular flexibility index (Phi) is 5.18. The summed E-state index contributed by atoms with van der Waals surface area (Å²) in [6.45, 7) is 7.14. The molecule has 7 heteroatoms. The lowest BCUT2D eigenvalue weighted by atomic mass is 10.0. The summed E-state index contributed by atoms with van der Waals surface area (Å²) in [5.74, 6) is 1.02. The summed E-state index contributed by atoms with van der Waals surface area (Å²) in [5, 5.41) is 0. The fourth-order valence-corrected chi connectivity index (χ4v) is 4.50. The summed E-state index contributed by atoms with van der Waals surface area (Å²) >= 11 is 0. The van der Waals surface area contributed by atoms with Gasteiger partial charge in [0.2, 0.25) is 10.0 Å². The lowest BCUT2D eigenvalue weighted by Crippen LogP contribution is -2.37. The van der Waals surface area contributed by atoms with E-state index in [4.69, 9.17) is 4.98 Å². The molecule has 0 N–H and O–H groups in total. The summed E-state index contributed by atoms with van der Waals surface area (Å²) in [5.41, 5.74) is 1.75. The molecule has 1 aromatic heterocycles. The average molecular weight is 365 g/mol. The Morgan fingerprint density at radius 3 is 2.68 bits per heavy atom. The molecule has 1 atom stereocenters. The van der Waals surface area contributed by atoms with Crippen LogP contribution in [0.4, 0.5) is 0 Å². The SMILES string of the molecule is CCn1c(CN2CCCC[C@H]2C)nc2cc(S(=O)(=O)N(C)C)ccc21. The highest BCUT2D eigenvalue weighted by molar-refractivity contribution is 7.89. The molecule has 0 aliphatic carbocycles. The molecule has 0 spiro atoms. The Labute approximate surface area is 150 Å². The summed E-state index contributed by atoms with van der Waals surface area (Å²) in [6, 6.07) is 5.83. The van der Waals surface area contributed by atoms with Gasteiger partial charge >= 0.3 is 0 Å². The number of aromatic nitrogens is 2. The molecular weight excluding hydrogens is 336 g/mol. The third kappa shape index (κ3) is 3.45. The van der Waals surface area contributed by atoms with Gasteiger partial charge in [0.1, 0.15) is 5.82 Å². The third-order valence-corrected chi connectivity index (χ3v) is 6.99. The molecule has 6 nitrogen and oxygen atoms in total. The fraction of sp³-hybridized carbons (Fsp3) is 0.611. The summed E-state index contributed by atoms with van der Waals surface area (Å²) in [7, 11) is -0.343. The predicted molar refractivity (Wildman–Crippen MR) is 100 cm³/mol. The Morgan fingerprint density at radius 2 is 2.04 bits per heavy atom. The van der Waals surface area contributed by atoms with Crippen molar-refractivity contribution in [1.29, 1.82) is 0 Å². The van der Waals surface area contributed by atoms with Gasteiger partial charge in [0.15, 0.2) is 0 Å². The number of hydrogen-bond acceptors (Lipinski definition) is 4. The molecule has 0 unspecified atom stereocenters.